The summed E-state index contributed by atoms with van der Waals surface area (Å²) >= 11 is 1.56. The normalized spacial score (nSPS) is 10.4. The number of aromatic nitrogens is 1. The van der Waals surface area contributed by atoms with Gasteiger partial charge in [-0.15, -0.1) is 11.3 Å². The number of benzene rings is 1. The number of thiazole rings is 1. The molecule has 0 aliphatic rings. The molecule has 21 heavy (non-hydrogen) atoms. The number of methoxy groups -OCH3 is 1. The Bertz CT molecular complexity index is 578. The minimum Gasteiger partial charge on any atom is -0.469 e. The van der Waals surface area contributed by atoms with Crippen LogP contribution in [0.4, 0.5) is 5.13 Å². The quantitative estimate of drug-likeness (QED) is 0.796. The number of carbonyl (C=O) groups excluding carboxylic acids is 1. The summed E-state index contributed by atoms with van der Waals surface area (Å²) in [6.07, 6.45) is 2.05. The second-order valence-electron chi connectivity index (χ2n) is 4.74. The lowest BCUT2D eigenvalue weighted by atomic mass is 10.1. The molecule has 0 aliphatic heterocycles. The molecular formula is C16H20N2O2S. The van der Waals surface area contributed by atoms with Crippen molar-refractivity contribution in [3.05, 3.63) is 46.5 Å². The summed E-state index contributed by atoms with van der Waals surface area (Å²) in [7, 11) is 1.40. The molecule has 0 spiro atoms. The van der Waals surface area contributed by atoms with E-state index in [2.05, 4.69) is 46.2 Å². The van der Waals surface area contributed by atoms with Crippen LogP contribution in [0.15, 0.2) is 29.6 Å². The van der Waals surface area contributed by atoms with Gasteiger partial charge in [0.2, 0.25) is 0 Å². The van der Waals surface area contributed by atoms with E-state index in [0.29, 0.717) is 12.8 Å². The van der Waals surface area contributed by atoms with Gasteiger partial charge in [0.1, 0.15) is 0 Å². The summed E-state index contributed by atoms with van der Waals surface area (Å²) in [6.45, 7) is 2.91. The fraction of sp³-hybridized carbons (Fsp3) is 0.375. The number of hydrogen-bond acceptors (Lipinski definition) is 5. The van der Waals surface area contributed by atoms with Crippen molar-refractivity contribution in [2.45, 2.75) is 32.7 Å². The summed E-state index contributed by atoms with van der Waals surface area (Å²) in [5.41, 5.74) is 3.51. The molecule has 1 aromatic carbocycles. The molecule has 4 nitrogen and oxygen atoms in total. The first-order valence-electron chi connectivity index (χ1n) is 7.04. The summed E-state index contributed by atoms with van der Waals surface area (Å²) in [6, 6.07) is 8.58. The fourth-order valence-corrected chi connectivity index (χ4v) is 2.65. The van der Waals surface area contributed by atoms with Crippen LogP contribution in [0.1, 0.15) is 30.2 Å². The molecule has 0 amide bonds. The van der Waals surface area contributed by atoms with E-state index >= 15 is 0 Å². The van der Waals surface area contributed by atoms with E-state index in [-0.39, 0.29) is 5.97 Å². The number of rotatable bonds is 7. The number of aryl methyl sites for hydroxylation is 2. The summed E-state index contributed by atoms with van der Waals surface area (Å²) in [5.74, 6) is -0.200. The molecule has 1 aromatic heterocycles. The van der Waals surface area contributed by atoms with Crippen LogP contribution >= 0.6 is 11.3 Å². The van der Waals surface area contributed by atoms with Crippen LogP contribution in [0, 0.1) is 0 Å². The van der Waals surface area contributed by atoms with Crippen molar-refractivity contribution in [1.82, 2.24) is 4.98 Å². The van der Waals surface area contributed by atoms with Gasteiger partial charge in [0.15, 0.2) is 5.13 Å². The van der Waals surface area contributed by atoms with E-state index in [1.807, 2.05) is 5.38 Å². The first-order chi connectivity index (χ1) is 10.2. The van der Waals surface area contributed by atoms with Crippen molar-refractivity contribution in [3.63, 3.8) is 0 Å². The van der Waals surface area contributed by atoms with Gasteiger partial charge in [-0.25, -0.2) is 4.98 Å². The number of nitrogens with zero attached hydrogens (tertiary/aromatic N) is 1. The Balaban J connectivity index is 1.83. The summed E-state index contributed by atoms with van der Waals surface area (Å²) in [4.78, 5) is 15.6. The zero-order valence-electron chi connectivity index (χ0n) is 12.4. The van der Waals surface area contributed by atoms with Crippen LogP contribution in [-0.4, -0.2) is 18.1 Å². The fourth-order valence-electron chi connectivity index (χ4n) is 1.91. The van der Waals surface area contributed by atoms with Crippen LogP contribution in [0.3, 0.4) is 0 Å². The second-order valence-corrected chi connectivity index (χ2v) is 5.60. The highest BCUT2D eigenvalue weighted by atomic mass is 32.1. The summed E-state index contributed by atoms with van der Waals surface area (Å²) in [5, 5.41) is 6.17. The van der Waals surface area contributed by atoms with Gasteiger partial charge in [-0.1, -0.05) is 31.2 Å². The van der Waals surface area contributed by atoms with Crippen molar-refractivity contribution >= 4 is 22.4 Å². The second kappa shape index (κ2) is 7.78. The van der Waals surface area contributed by atoms with Gasteiger partial charge in [0.25, 0.3) is 0 Å². The monoisotopic (exact) mass is 304 g/mol. The minimum atomic E-state index is -0.200. The lowest BCUT2D eigenvalue weighted by Gasteiger charge is -2.04. The Morgan fingerprint density at radius 3 is 2.67 bits per heavy atom. The molecule has 1 N–H and O–H groups in total. The minimum absolute atomic E-state index is 0.200. The van der Waals surface area contributed by atoms with Crippen LogP contribution in [0.2, 0.25) is 0 Å². The third-order valence-corrected chi connectivity index (χ3v) is 4.09. The van der Waals surface area contributed by atoms with Crippen LogP contribution in [0.5, 0.6) is 0 Å². The lowest BCUT2D eigenvalue weighted by molar-refractivity contribution is -0.140. The van der Waals surface area contributed by atoms with Gasteiger partial charge < -0.3 is 10.1 Å². The maximum absolute atomic E-state index is 11.1. The number of nitrogens with one attached hydrogen (secondary N) is 1. The number of ether oxygens (including phenoxy) is 1. The predicted octanol–water partition coefficient (Wildman–Crippen LogP) is 3.42. The van der Waals surface area contributed by atoms with Crippen LogP contribution in [0.25, 0.3) is 0 Å². The standard InChI is InChI=1S/C16H20N2O2S/c1-3-12-4-6-13(7-5-12)10-17-16-18-14(11-21-16)8-9-15(19)20-2/h4-7,11H,3,8-10H2,1-2H3,(H,17,18). The Morgan fingerprint density at radius 1 is 1.29 bits per heavy atom. The highest BCUT2D eigenvalue weighted by molar-refractivity contribution is 7.13. The number of hydrogen-bond donors (Lipinski definition) is 1. The van der Waals surface area contributed by atoms with Crippen molar-refractivity contribution in [3.8, 4) is 0 Å². The van der Waals surface area contributed by atoms with Crippen molar-refractivity contribution in [1.29, 1.82) is 0 Å². The molecule has 2 rings (SSSR count). The van der Waals surface area contributed by atoms with Gasteiger partial charge in [-0.05, 0) is 17.5 Å². The molecule has 0 radical (unpaired) electrons. The zero-order valence-corrected chi connectivity index (χ0v) is 13.2. The van der Waals surface area contributed by atoms with Crippen molar-refractivity contribution in [2.75, 3.05) is 12.4 Å². The molecule has 0 saturated heterocycles. The molecule has 0 unspecified atom stereocenters. The van der Waals surface area contributed by atoms with Gasteiger partial charge in [-0.3, -0.25) is 4.79 Å². The summed E-state index contributed by atoms with van der Waals surface area (Å²) < 4.78 is 4.62. The zero-order chi connectivity index (χ0) is 15.1. The maximum atomic E-state index is 11.1. The van der Waals surface area contributed by atoms with Gasteiger partial charge in [-0.2, -0.15) is 0 Å². The van der Waals surface area contributed by atoms with Crippen molar-refractivity contribution in [2.24, 2.45) is 0 Å². The van der Waals surface area contributed by atoms with E-state index in [0.717, 1.165) is 23.8 Å². The third-order valence-electron chi connectivity index (χ3n) is 3.24. The molecule has 112 valence electrons. The average Bonchev–Trinajstić information content (AvgIpc) is 2.99. The number of carbonyl (C=O) groups is 1. The molecule has 0 fully saturated rings. The molecule has 0 atom stereocenters. The molecule has 1 heterocycles. The Hall–Kier alpha value is -1.88. The van der Waals surface area contributed by atoms with E-state index in [4.69, 9.17) is 0 Å². The SMILES string of the molecule is CCc1ccc(CNc2nc(CCC(=O)OC)cs2)cc1. The highest BCUT2D eigenvalue weighted by Crippen LogP contribution is 2.18. The Labute approximate surface area is 129 Å². The Kier molecular flexibility index (Phi) is 5.75. The number of anilines is 1. The molecular weight excluding hydrogens is 284 g/mol. The maximum Gasteiger partial charge on any atom is 0.305 e. The van der Waals surface area contributed by atoms with E-state index < -0.39 is 0 Å². The molecule has 0 bridgehead atoms. The first kappa shape index (κ1) is 15.5. The lowest BCUT2D eigenvalue weighted by Crippen LogP contribution is -2.02. The largest absolute Gasteiger partial charge is 0.469 e. The van der Waals surface area contributed by atoms with E-state index in [1.165, 1.54) is 18.2 Å². The van der Waals surface area contributed by atoms with Crippen molar-refractivity contribution < 1.29 is 9.53 Å². The van der Waals surface area contributed by atoms with Gasteiger partial charge in [0.05, 0.1) is 19.2 Å². The molecule has 0 aliphatic carbocycles. The predicted molar refractivity (Wildman–Crippen MR) is 85.6 cm³/mol. The molecule has 5 heteroatoms. The van der Waals surface area contributed by atoms with Crippen LogP contribution in [-0.2, 0) is 28.9 Å². The van der Waals surface area contributed by atoms with E-state index in [9.17, 15) is 4.79 Å². The van der Waals surface area contributed by atoms with Gasteiger partial charge >= 0.3 is 5.97 Å². The highest BCUT2D eigenvalue weighted by Gasteiger charge is 2.05. The van der Waals surface area contributed by atoms with E-state index in [1.54, 1.807) is 11.3 Å². The third kappa shape index (κ3) is 4.86. The average molecular weight is 304 g/mol. The molecule has 0 saturated carbocycles. The first-order valence-corrected chi connectivity index (χ1v) is 7.92. The molecule has 2 aromatic rings. The Morgan fingerprint density at radius 2 is 2.00 bits per heavy atom. The number of esters is 1. The van der Waals surface area contributed by atoms with Crippen LogP contribution < -0.4 is 5.32 Å². The van der Waals surface area contributed by atoms with Gasteiger partial charge in [0, 0.05) is 18.3 Å². The topological polar surface area (TPSA) is 51.2 Å². The smallest absolute Gasteiger partial charge is 0.305 e.